The van der Waals surface area contributed by atoms with Crippen LogP contribution in [0.5, 0.6) is 5.88 Å². The van der Waals surface area contributed by atoms with E-state index in [0.717, 1.165) is 0 Å². The molecule has 1 heterocycles. The lowest BCUT2D eigenvalue weighted by Gasteiger charge is -2.06. The van der Waals surface area contributed by atoms with Crippen LogP contribution in [0.3, 0.4) is 0 Å². The number of methoxy groups -OCH3 is 2. The minimum atomic E-state index is -0.638. The van der Waals surface area contributed by atoms with Gasteiger partial charge in [-0.1, -0.05) is 0 Å². The molecule has 2 aromatic rings. The van der Waals surface area contributed by atoms with Crippen molar-refractivity contribution in [2.45, 2.75) is 0 Å². The Morgan fingerprint density at radius 1 is 1.19 bits per heavy atom. The normalized spacial score (nSPS) is 10.0. The number of esters is 1. The summed E-state index contributed by atoms with van der Waals surface area (Å²) in [6.45, 7) is 0. The molecule has 0 radical (unpaired) electrons. The van der Waals surface area contributed by atoms with Gasteiger partial charge >= 0.3 is 5.97 Å². The molecule has 0 fully saturated rings. The minimum absolute atomic E-state index is 0.109. The lowest BCUT2D eigenvalue weighted by atomic mass is 10.0. The SMILES string of the molecule is COC(=O)c1cc(-c2ccnc(OC)c2)cc([N+](=O)[O-])c1. The molecule has 0 aliphatic rings. The van der Waals surface area contributed by atoms with E-state index in [2.05, 4.69) is 9.72 Å². The average molecular weight is 288 g/mol. The van der Waals surface area contributed by atoms with Gasteiger partial charge < -0.3 is 9.47 Å². The molecule has 0 aliphatic heterocycles. The van der Waals surface area contributed by atoms with Crippen LogP contribution in [0, 0.1) is 10.1 Å². The number of rotatable bonds is 4. The number of carbonyl (C=O) groups is 1. The van der Waals surface area contributed by atoms with Gasteiger partial charge in [-0.15, -0.1) is 0 Å². The minimum Gasteiger partial charge on any atom is -0.481 e. The summed E-state index contributed by atoms with van der Waals surface area (Å²) in [6.07, 6.45) is 1.52. The van der Waals surface area contributed by atoms with Crippen LogP contribution in [0.15, 0.2) is 36.5 Å². The molecular formula is C14H12N2O5. The molecule has 0 spiro atoms. The zero-order valence-corrected chi connectivity index (χ0v) is 11.4. The van der Waals surface area contributed by atoms with Crippen molar-refractivity contribution in [1.29, 1.82) is 0 Å². The maximum absolute atomic E-state index is 11.6. The Bertz CT molecular complexity index is 700. The number of nitrogens with zero attached hydrogens (tertiary/aromatic N) is 2. The number of aromatic nitrogens is 1. The van der Waals surface area contributed by atoms with E-state index in [1.807, 2.05) is 0 Å². The molecule has 0 saturated heterocycles. The smallest absolute Gasteiger partial charge is 0.338 e. The summed E-state index contributed by atoms with van der Waals surface area (Å²) in [4.78, 5) is 26.0. The highest BCUT2D eigenvalue weighted by Crippen LogP contribution is 2.27. The Labute approximate surface area is 120 Å². The fourth-order valence-corrected chi connectivity index (χ4v) is 1.82. The predicted octanol–water partition coefficient (Wildman–Crippen LogP) is 2.45. The third kappa shape index (κ3) is 3.14. The van der Waals surface area contributed by atoms with E-state index >= 15 is 0 Å². The molecular weight excluding hydrogens is 276 g/mol. The molecule has 0 amide bonds. The van der Waals surface area contributed by atoms with Crippen LogP contribution in [0.2, 0.25) is 0 Å². The molecule has 7 heteroatoms. The summed E-state index contributed by atoms with van der Waals surface area (Å²) in [5.74, 6) is -0.264. The second kappa shape index (κ2) is 6.00. The summed E-state index contributed by atoms with van der Waals surface area (Å²) in [7, 11) is 2.69. The molecule has 1 aromatic carbocycles. The van der Waals surface area contributed by atoms with Crippen LogP contribution < -0.4 is 4.74 Å². The second-order valence-corrected chi connectivity index (χ2v) is 4.10. The van der Waals surface area contributed by atoms with Gasteiger partial charge in [-0.2, -0.15) is 0 Å². The number of nitro groups is 1. The van der Waals surface area contributed by atoms with Gasteiger partial charge in [0, 0.05) is 24.4 Å². The van der Waals surface area contributed by atoms with Crippen molar-refractivity contribution in [2.24, 2.45) is 0 Å². The number of hydrogen-bond acceptors (Lipinski definition) is 6. The summed E-state index contributed by atoms with van der Waals surface area (Å²) < 4.78 is 9.62. The molecule has 21 heavy (non-hydrogen) atoms. The molecule has 2 rings (SSSR count). The van der Waals surface area contributed by atoms with Crippen LogP contribution >= 0.6 is 0 Å². The van der Waals surface area contributed by atoms with Gasteiger partial charge in [0.15, 0.2) is 0 Å². The quantitative estimate of drug-likeness (QED) is 0.487. The van der Waals surface area contributed by atoms with Crippen molar-refractivity contribution in [2.75, 3.05) is 14.2 Å². The number of hydrogen-bond donors (Lipinski definition) is 0. The van der Waals surface area contributed by atoms with E-state index in [9.17, 15) is 14.9 Å². The van der Waals surface area contributed by atoms with Crippen molar-refractivity contribution >= 4 is 11.7 Å². The molecule has 0 atom stereocenters. The van der Waals surface area contributed by atoms with Crippen molar-refractivity contribution in [1.82, 2.24) is 4.98 Å². The van der Waals surface area contributed by atoms with Gasteiger partial charge in [0.2, 0.25) is 5.88 Å². The zero-order chi connectivity index (χ0) is 15.4. The molecule has 0 bridgehead atoms. The van der Waals surface area contributed by atoms with E-state index in [1.165, 1.54) is 38.6 Å². The van der Waals surface area contributed by atoms with E-state index in [1.54, 1.807) is 12.1 Å². The Kier molecular flexibility index (Phi) is 4.13. The molecule has 7 nitrogen and oxygen atoms in total. The summed E-state index contributed by atoms with van der Waals surface area (Å²) in [5.41, 5.74) is 1.07. The number of carbonyl (C=O) groups excluding carboxylic acids is 1. The first-order valence-electron chi connectivity index (χ1n) is 5.93. The van der Waals surface area contributed by atoms with E-state index in [0.29, 0.717) is 17.0 Å². The van der Waals surface area contributed by atoms with Crippen LogP contribution in [0.1, 0.15) is 10.4 Å². The van der Waals surface area contributed by atoms with Crippen molar-refractivity contribution < 1.29 is 19.2 Å². The Balaban J connectivity index is 2.58. The van der Waals surface area contributed by atoms with E-state index < -0.39 is 10.9 Å². The molecule has 0 saturated carbocycles. The monoisotopic (exact) mass is 288 g/mol. The Morgan fingerprint density at radius 2 is 1.95 bits per heavy atom. The first-order chi connectivity index (χ1) is 10.0. The van der Waals surface area contributed by atoms with Gasteiger partial charge in [-0.3, -0.25) is 10.1 Å². The summed E-state index contributed by atoms with van der Waals surface area (Å²) >= 11 is 0. The highest BCUT2D eigenvalue weighted by atomic mass is 16.6. The van der Waals surface area contributed by atoms with Gasteiger partial charge in [0.25, 0.3) is 5.69 Å². The zero-order valence-electron chi connectivity index (χ0n) is 11.4. The highest BCUT2D eigenvalue weighted by Gasteiger charge is 2.16. The molecule has 108 valence electrons. The fraction of sp³-hybridized carbons (Fsp3) is 0.143. The third-order valence-electron chi connectivity index (χ3n) is 2.83. The molecule has 1 aromatic heterocycles. The first kappa shape index (κ1) is 14.4. The number of pyridine rings is 1. The Hall–Kier alpha value is -2.96. The van der Waals surface area contributed by atoms with Crippen LogP contribution in [0.25, 0.3) is 11.1 Å². The van der Waals surface area contributed by atoms with Crippen LogP contribution in [-0.4, -0.2) is 30.1 Å². The molecule has 0 aliphatic carbocycles. The largest absolute Gasteiger partial charge is 0.481 e. The maximum Gasteiger partial charge on any atom is 0.338 e. The van der Waals surface area contributed by atoms with Crippen molar-refractivity contribution in [3.63, 3.8) is 0 Å². The highest BCUT2D eigenvalue weighted by molar-refractivity contribution is 5.92. The maximum atomic E-state index is 11.6. The van der Waals surface area contributed by atoms with Gasteiger partial charge in [-0.05, 0) is 23.3 Å². The van der Waals surface area contributed by atoms with Crippen LogP contribution in [0.4, 0.5) is 5.69 Å². The number of nitro benzene ring substituents is 1. The second-order valence-electron chi connectivity index (χ2n) is 4.10. The van der Waals surface area contributed by atoms with E-state index in [-0.39, 0.29) is 11.3 Å². The van der Waals surface area contributed by atoms with Gasteiger partial charge in [-0.25, -0.2) is 9.78 Å². The van der Waals surface area contributed by atoms with Crippen LogP contribution in [-0.2, 0) is 4.74 Å². The fourth-order valence-electron chi connectivity index (χ4n) is 1.82. The van der Waals surface area contributed by atoms with Gasteiger partial charge in [0.1, 0.15) is 0 Å². The van der Waals surface area contributed by atoms with Crippen molar-refractivity contribution in [3.8, 4) is 17.0 Å². The predicted molar refractivity (Wildman–Crippen MR) is 74.2 cm³/mol. The molecule has 0 unspecified atom stereocenters. The number of ether oxygens (including phenoxy) is 2. The average Bonchev–Trinajstić information content (AvgIpc) is 2.53. The summed E-state index contributed by atoms with van der Waals surface area (Å²) in [5, 5.41) is 11.0. The third-order valence-corrected chi connectivity index (χ3v) is 2.83. The standard InChI is InChI=1S/C14H12N2O5/c1-20-13-8-9(3-4-15-13)10-5-11(14(17)21-2)7-12(6-10)16(18)19/h3-8H,1-2H3. The lowest BCUT2D eigenvalue weighted by Crippen LogP contribution is -2.02. The van der Waals surface area contributed by atoms with E-state index in [4.69, 9.17) is 4.74 Å². The van der Waals surface area contributed by atoms with Crippen molar-refractivity contribution in [3.05, 3.63) is 52.2 Å². The molecule has 0 N–H and O–H groups in total. The summed E-state index contributed by atoms with van der Waals surface area (Å²) in [6, 6.07) is 7.37. The Morgan fingerprint density at radius 3 is 2.57 bits per heavy atom. The number of benzene rings is 1. The topological polar surface area (TPSA) is 91.6 Å². The number of non-ortho nitro benzene ring substituents is 1. The lowest BCUT2D eigenvalue weighted by molar-refractivity contribution is -0.384. The first-order valence-corrected chi connectivity index (χ1v) is 5.93. The van der Waals surface area contributed by atoms with Gasteiger partial charge in [0.05, 0.1) is 24.7 Å².